The number of phenols is 2. The number of benzene rings is 1. The van der Waals surface area contributed by atoms with E-state index in [2.05, 4.69) is 15.9 Å². The Morgan fingerprint density at radius 2 is 2.00 bits per heavy atom. The SMILES string of the molecule is NC(C(=O)O)c1c(Br)ccc(O)c1O. The highest BCUT2D eigenvalue weighted by atomic mass is 79.9. The number of aliphatic carboxylic acids is 1. The normalized spacial score (nSPS) is 12.4. The predicted octanol–water partition coefficient (Wildman–Crippen LogP) is 0.945. The molecular weight excluding hydrogens is 254 g/mol. The number of aromatic hydroxyl groups is 2. The molecule has 0 fully saturated rings. The van der Waals surface area contributed by atoms with Gasteiger partial charge in [0.15, 0.2) is 11.5 Å². The van der Waals surface area contributed by atoms with Crippen LogP contribution in [0.2, 0.25) is 0 Å². The molecule has 0 radical (unpaired) electrons. The van der Waals surface area contributed by atoms with E-state index in [1.807, 2.05) is 0 Å². The molecule has 0 spiro atoms. The van der Waals surface area contributed by atoms with Gasteiger partial charge < -0.3 is 21.1 Å². The Kier molecular flexibility index (Phi) is 2.97. The van der Waals surface area contributed by atoms with Gasteiger partial charge >= 0.3 is 5.97 Å². The summed E-state index contributed by atoms with van der Waals surface area (Å²) in [4.78, 5) is 10.6. The van der Waals surface area contributed by atoms with Crippen LogP contribution in [0.1, 0.15) is 11.6 Å². The second-order valence-corrected chi connectivity index (χ2v) is 3.50. The lowest BCUT2D eigenvalue weighted by Gasteiger charge is -2.12. The maximum Gasteiger partial charge on any atom is 0.325 e. The van der Waals surface area contributed by atoms with Gasteiger partial charge in [0.25, 0.3) is 0 Å². The molecular formula is C8H8BrNO4. The van der Waals surface area contributed by atoms with Gasteiger partial charge in [-0.05, 0) is 12.1 Å². The first kappa shape index (κ1) is 10.8. The zero-order valence-corrected chi connectivity index (χ0v) is 8.52. The van der Waals surface area contributed by atoms with E-state index in [0.29, 0.717) is 4.47 Å². The summed E-state index contributed by atoms with van der Waals surface area (Å²) in [6.45, 7) is 0. The Labute approximate surface area is 87.9 Å². The minimum atomic E-state index is -1.38. The summed E-state index contributed by atoms with van der Waals surface area (Å²) < 4.78 is 0.336. The highest BCUT2D eigenvalue weighted by Crippen LogP contribution is 2.37. The summed E-state index contributed by atoms with van der Waals surface area (Å²) >= 11 is 3.04. The maximum atomic E-state index is 10.6. The van der Waals surface area contributed by atoms with Crippen LogP contribution in [0.3, 0.4) is 0 Å². The lowest BCUT2D eigenvalue weighted by Crippen LogP contribution is -2.21. The van der Waals surface area contributed by atoms with Crippen LogP contribution in [0.5, 0.6) is 11.5 Å². The number of carboxylic acid groups (broad SMARTS) is 1. The van der Waals surface area contributed by atoms with E-state index in [4.69, 9.17) is 15.9 Å². The molecule has 5 nitrogen and oxygen atoms in total. The first-order valence-electron chi connectivity index (χ1n) is 3.64. The van der Waals surface area contributed by atoms with E-state index in [-0.39, 0.29) is 5.56 Å². The van der Waals surface area contributed by atoms with Crippen molar-refractivity contribution in [1.29, 1.82) is 0 Å². The predicted molar refractivity (Wildman–Crippen MR) is 52.0 cm³/mol. The minimum Gasteiger partial charge on any atom is -0.504 e. The number of rotatable bonds is 2. The number of phenolic OH excluding ortho intramolecular Hbond substituents is 2. The van der Waals surface area contributed by atoms with Crippen molar-refractivity contribution < 1.29 is 20.1 Å². The molecule has 1 aromatic carbocycles. The van der Waals surface area contributed by atoms with Crippen molar-refractivity contribution in [2.45, 2.75) is 6.04 Å². The third-order valence-electron chi connectivity index (χ3n) is 1.72. The lowest BCUT2D eigenvalue weighted by molar-refractivity contribution is -0.138. The molecule has 76 valence electrons. The Bertz CT molecular complexity index is 380. The number of carboxylic acids is 1. The Balaban J connectivity index is 3.32. The molecule has 0 bridgehead atoms. The molecule has 0 aromatic heterocycles. The second-order valence-electron chi connectivity index (χ2n) is 2.64. The number of hydrogen-bond acceptors (Lipinski definition) is 4. The van der Waals surface area contributed by atoms with Crippen LogP contribution >= 0.6 is 15.9 Å². The fraction of sp³-hybridized carbons (Fsp3) is 0.125. The zero-order chi connectivity index (χ0) is 10.9. The van der Waals surface area contributed by atoms with Crippen molar-refractivity contribution in [1.82, 2.24) is 0 Å². The monoisotopic (exact) mass is 261 g/mol. The van der Waals surface area contributed by atoms with Gasteiger partial charge in [-0.25, -0.2) is 0 Å². The maximum absolute atomic E-state index is 10.6. The highest BCUT2D eigenvalue weighted by molar-refractivity contribution is 9.10. The molecule has 1 unspecified atom stereocenters. The molecule has 1 rings (SSSR count). The van der Waals surface area contributed by atoms with Crippen molar-refractivity contribution in [3.8, 4) is 11.5 Å². The molecule has 0 aliphatic carbocycles. The summed E-state index contributed by atoms with van der Waals surface area (Å²) in [6, 6.07) is 1.27. The summed E-state index contributed by atoms with van der Waals surface area (Å²) in [5.41, 5.74) is 5.26. The number of halogens is 1. The molecule has 0 saturated heterocycles. The molecule has 5 N–H and O–H groups in total. The zero-order valence-electron chi connectivity index (χ0n) is 6.94. The summed E-state index contributed by atoms with van der Waals surface area (Å²) in [5, 5.41) is 27.1. The molecule has 0 aliphatic heterocycles. The van der Waals surface area contributed by atoms with E-state index in [0.717, 1.165) is 0 Å². The Hall–Kier alpha value is -1.27. The van der Waals surface area contributed by atoms with Gasteiger partial charge in [0, 0.05) is 10.0 Å². The molecule has 0 aliphatic rings. The third-order valence-corrected chi connectivity index (χ3v) is 2.41. The minimum absolute atomic E-state index is 0.0440. The average Bonchev–Trinajstić information content (AvgIpc) is 2.12. The topological polar surface area (TPSA) is 104 Å². The van der Waals surface area contributed by atoms with Crippen LogP contribution in [0, 0.1) is 0 Å². The van der Waals surface area contributed by atoms with Crippen LogP contribution in [0.15, 0.2) is 16.6 Å². The van der Waals surface area contributed by atoms with Gasteiger partial charge in [0.05, 0.1) is 0 Å². The van der Waals surface area contributed by atoms with Crippen molar-refractivity contribution >= 4 is 21.9 Å². The van der Waals surface area contributed by atoms with Gasteiger partial charge in [0.2, 0.25) is 0 Å². The van der Waals surface area contributed by atoms with Gasteiger partial charge in [-0.15, -0.1) is 0 Å². The summed E-state index contributed by atoms with van der Waals surface area (Å²) in [7, 11) is 0. The standard InChI is InChI=1S/C8H8BrNO4/c9-3-1-2-4(11)7(12)5(3)6(10)8(13)14/h1-2,6,11-12H,10H2,(H,13,14). The van der Waals surface area contributed by atoms with Crippen LogP contribution < -0.4 is 5.73 Å². The number of carbonyl (C=O) groups is 1. The van der Waals surface area contributed by atoms with E-state index >= 15 is 0 Å². The molecule has 0 amide bonds. The summed E-state index contributed by atoms with van der Waals surface area (Å²) in [6.07, 6.45) is 0. The number of hydrogen-bond donors (Lipinski definition) is 4. The van der Waals surface area contributed by atoms with Crippen molar-refractivity contribution in [3.05, 3.63) is 22.2 Å². The van der Waals surface area contributed by atoms with E-state index < -0.39 is 23.5 Å². The molecule has 6 heteroatoms. The first-order chi connectivity index (χ1) is 6.45. The van der Waals surface area contributed by atoms with E-state index in [9.17, 15) is 9.90 Å². The Morgan fingerprint density at radius 3 is 2.50 bits per heavy atom. The van der Waals surface area contributed by atoms with Gasteiger partial charge in [-0.2, -0.15) is 0 Å². The van der Waals surface area contributed by atoms with Crippen LogP contribution in [0.25, 0.3) is 0 Å². The molecule has 1 atom stereocenters. The lowest BCUT2D eigenvalue weighted by atomic mass is 10.1. The smallest absolute Gasteiger partial charge is 0.325 e. The second kappa shape index (κ2) is 3.85. The van der Waals surface area contributed by atoms with Gasteiger partial charge in [-0.1, -0.05) is 15.9 Å². The van der Waals surface area contributed by atoms with E-state index in [1.165, 1.54) is 12.1 Å². The quantitative estimate of drug-likeness (QED) is 0.594. The third kappa shape index (κ3) is 1.80. The molecule has 1 aromatic rings. The van der Waals surface area contributed by atoms with Gasteiger partial charge in [0.1, 0.15) is 6.04 Å². The molecule has 0 heterocycles. The van der Waals surface area contributed by atoms with E-state index in [1.54, 1.807) is 0 Å². The van der Waals surface area contributed by atoms with Crippen LogP contribution in [0.4, 0.5) is 0 Å². The fourth-order valence-electron chi connectivity index (χ4n) is 0.991. The molecule has 0 saturated carbocycles. The first-order valence-corrected chi connectivity index (χ1v) is 4.43. The summed E-state index contributed by atoms with van der Waals surface area (Å²) in [5.74, 6) is -2.21. The fourth-order valence-corrected chi connectivity index (χ4v) is 1.56. The highest BCUT2D eigenvalue weighted by Gasteiger charge is 2.22. The van der Waals surface area contributed by atoms with Gasteiger partial charge in [-0.3, -0.25) is 4.79 Å². The van der Waals surface area contributed by atoms with Crippen molar-refractivity contribution in [2.75, 3.05) is 0 Å². The van der Waals surface area contributed by atoms with Crippen LogP contribution in [-0.4, -0.2) is 21.3 Å². The van der Waals surface area contributed by atoms with Crippen LogP contribution in [-0.2, 0) is 4.79 Å². The Morgan fingerprint density at radius 1 is 1.43 bits per heavy atom. The number of nitrogens with two attached hydrogens (primary N) is 1. The van der Waals surface area contributed by atoms with Crippen molar-refractivity contribution in [3.63, 3.8) is 0 Å². The van der Waals surface area contributed by atoms with Crippen molar-refractivity contribution in [2.24, 2.45) is 5.73 Å². The average molecular weight is 262 g/mol. The molecule has 14 heavy (non-hydrogen) atoms. The largest absolute Gasteiger partial charge is 0.504 e.